The van der Waals surface area contributed by atoms with Gasteiger partial charge in [0.05, 0.1) is 17.2 Å². The second-order valence-electron chi connectivity index (χ2n) is 5.66. The maximum Gasteiger partial charge on any atom is 0.236 e. The molecule has 0 N–H and O–H groups in total. The van der Waals surface area contributed by atoms with E-state index in [0.29, 0.717) is 15.3 Å². The lowest BCUT2D eigenvalue weighted by Gasteiger charge is -2.29. The maximum atomic E-state index is 8.90. The van der Waals surface area contributed by atoms with Gasteiger partial charge in [0.2, 0.25) is 9.76 Å². The number of hydrogen-bond donors (Lipinski definition) is 0. The summed E-state index contributed by atoms with van der Waals surface area (Å²) in [5.74, 6) is 0. The Bertz CT molecular complexity index is 427. The topological polar surface area (TPSA) is 33.0 Å². The zero-order chi connectivity index (χ0) is 13.1. The smallest absolute Gasteiger partial charge is 0.236 e. The molecule has 0 aliphatic heterocycles. The van der Waals surface area contributed by atoms with Crippen molar-refractivity contribution in [2.24, 2.45) is 0 Å². The molecular formula is C14H19NOSi. The van der Waals surface area contributed by atoms with Crippen LogP contribution in [-0.4, -0.2) is 9.76 Å². The Hall–Kier alpha value is -1.11. The molecule has 0 bridgehead atoms. The van der Waals surface area contributed by atoms with Crippen LogP contribution in [0, 0.1) is 11.3 Å². The first-order valence-corrected chi connectivity index (χ1v) is 6.61. The van der Waals surface area contributed by atoms with Crippen LogP contribution in [-0.2, 0) is 10.0 Å². The fourth-order valence-corrected chi connectivity index (χ4v) is 1.98. The van der Waals surface area contributed by atoms with Crippen LogP contribution < -0.4 is 0 Å². The fourth-order valence-electron chi connectivity index (χ4n) is 1.30. The predicted octanol–water partition coefficient (Wildman–Crippen LogP) is 3.65. The molecule has 17 heavy (non-hydrogen) atoms. The van der Waals surface area contributed by atoms with Gasteiger partial charge in [-0.3, -0.25) is 0 Å². The quantitative estimate of drug-likeness (QED) is 0.762. The van der Waals surface area contributed by atoms with Gasteiger partial charge in [-0.2, -0.15) is 5.26 Å². The van der Waals surface area contributed by atoms with Crippen molar-refractivity contribution in [1.29, 1.82) is 5.26 Å². The molecule has 1 rings (SSSR count). The minimum atomic E-state index is -0.349. The van der Waals surface area contributed by atoms with Crippen LogP contribution in [0.15, 0.2) is 24.3 Å². The van der Waals surface area contributed by atoms with Crippen molar-refractivity contribution in [2.45, 2.75) is 45.3 Å². The maximum absolute atomic E-state index is 8.90. The highest BCUT2D eigenvalue weighted by Gasteiger charge is 2.25. The summed E-state index contributed by atoms with van der Waals surface area (Å²) in [6.45, 7) is 10.6. The third kappa shape index (κ3) is 4.33. The first kappa shape index (κ1) is 13.9. The average Bonchev–Trinajstić information content (AvgIpc) is 2.26. The van der Waals surface area contributed by atoms with E-state index < -0.39 is 0 Å². The lowest BCUT2D eigenvalue weighted by atomic mass is 9.97. The largest absolute Gasteiger partial charge is 0.408 e. The first-order valence-electron chi connectivity index (χ1n) is 5.70. The number of nitriles is 1. The number of rotatable bonds is 3. The highest BCUT2D eigenvalue weighted by Crippen LogP contribution is 2.29. The molecule has 0 saturated heterocycles. The van der Waals surface area contributed by atoms with Crippen LogP contribution >= 0.6 is 0 Å². The van der Waals surface area contributed by atoms with Crippen molar-refractivity contribution in [3.63, 3.8) is 0 Å². The Balaban J connectivity index is 2.85. The lowest BCUT2D eigenvalue weighted by molar-refractivity contribution is 0.109. The standard InChI is InChI=1S/C14H19NOSi/c1-13(2,3)17-16-14(4,5)12-8-6-7-11(9-12)10-15/h6-9H,1-5H3. The molecular weight excluding hydrogens is 226 g/mol. The van der Waals surface area contributed by atoms with E-state index in [4.69, 9.17) is 9.69 Å². The molecule has 0 aromatic heterocycles. The van der Waals surface area contributed by atoms with E-state index in [9.17, 15) is 0 Å². The number of benzene rings is 1. The molecule has 0 fully saturated rings. The second kappa shape index (κ2) is 5.03. The van der Waals surface area contributed by atoms with Crippen molar-refractivity contribution in [3.05, 3.63) is 35.4 Å². The van der Waals surface area contributed by atoms with Crippen molar-refractivity contribution < 1.29 is 4.43 Å². The van der Waals surface area contributed by atoms with Gasteiger partial charge in [-0.15, -0.1) is 0 Å². The van der Waals surface area contributed by atoms with E-state index in [1.54, 1.807) is 0 Å². The summed E-state index contributed by atoms with van der Waals surface area (Å²) < 4.78 is 6.00. The molecule has 1 aromatic rings. The highest BCUT2D eigenvalue weighted by molar-refractivity contribution is 6.31. The first-order chi connectivity index (χ1) is 7.74. The van der Waals surface area contributed by atoms with Gasteiger partial charge in [0.15, 0.2) is 0 Å². The molecule has 0 aliphatic rings. The second-order valence-corrected chi connectivity index (χ2v) is 7.57. The summed E-state index contributed by atoms with van der Waals surface area (Å²) in [4.78, 5) is 0. The molecule has 0 unspecified atom stereocenters. The van der Waals surface area contributed by atoms with Gasteiger partial charge in [-0.1, -0.05) is 32.9 Å². The fraction of sp³-hybridized carbons (Fsp3) is 0.500. The van der Waals surface area contributed by atoms with E-state index in [0.717, 1.165) is 5.56 Å². The highest BCUT2D eigenvalue weighted by atomic mass is 28.2. The molecule has 0 atom stereocenters. The van der Waals surface area contributed by atoms with Crippen molar-refractivity contribution in [3.8, 4) is 6.07 Å². The molecule has 0 heterocycles. The third-order valence-corrected chi connectivity index (χ3v) is 3.52. The van der Waals surface area contributed by atoms with Gasteiger partial charge < -0.3 is 4.43 Å². The van der Waals surface area contributed by atoms with Gasteiger partial charge in [0, 0.05) is 0 Å². The summed E-state index contributed by atoms with van der Waals surface area (Å²) in [6, 6.07) is 9.78. The van der Waals surface area contributed by atoms with Gasteiger partial charge in [0.25, 0.3) is 0 Å². The minimum Gasteiger partial charge on any atom is -0.408 e. The van der Waals surface area contributed by atoms with Crippen LogP contribution in [0.4, 0.5) is 0 Å². The van der Waals surface area contributed by atoms with E-state index in [1.807, 2.05) is 38.1 Å². The molecule has 2 nitrogen and oxygen atoms in total. The summed E-state index contributed by atoms with van der Waals surface area (Å²) in [7, 11) is 0.433. The molecule has 0 saturated carbocycles. The van der Waals surface area contributed by atoms with E-state index in [1.165, 1.54) is 0 Å². The van der Waals surface area contributed by atoms with Gasteiger partial charge in [0.1, 0.15) is 0 Å². The molecule has 3 heteroatoms. The van der Waals surface area contributed by atoms with E-state index in [2.05, 4.69) is 26.8 Å². The molecule has 1 aromatic carbocycles. The van der Waals surface area contributed by atoms with Crippen LogP contribution in [0.5, 0.6) is 0 Å². The minimum absolute atomic E-state index is 0.171. The van der Waals surface area contributed by atoms with Crippen molar-refractivity contribution in [1.82, 2.24) is 0 Å². The van der Waals surface area contributed by atoms with Crippen LogP contribution in [0.1, 0.15) is 45.7 Å². The molecule has 0 aliphatic carbocycles. The SMILES string of the molecule is CC(C)(C)[Si]OC(C)(C)c1cccc(C#N)c1. The van der Waals surface area contributed by atoms with Gasteiger partial charge in [-0.25, -0.2) is 0 Å². The predicted molar refractivity (Wildman–Crippen MR) is 70.7 cm³/mol. The Morgan fingerprint density at radius 2 is 1.82 bits per heavy atom. The number of hydrogen-bond acceptors (Lipinski definition) is 2. The lowest BCUT2D eigenvalue weighted by Crippen LogP contribution is -2.27. The number of nitrogens with zero attached hydrogens (tertiary/aromatic N) is 1. The van der Waals surface area contributed by atoms with Gasteiger partial charge in [-0.05, 0) is 36.6 Å². The average molecular weight is 245 g/mol. The van der Waals surface area contributed by atoms with E-state index >= 15 is 0 Å². The van der Waals surface area contributed by atoms with Crippen molar-refractivity contribution in [2.75, 3.05) is 0 Å². The summed E-state index contributed by atoms with van der Waals surface area (Å²) in [6.07, 6.45) is 0. The molecule has 90 valence electrons. The molecule has 0 amide bonds. The normalized spacial score (nSPS) is 12.2. The Labute approximate surface area is 107 Å². The Morgan fingerprint density at radius 1 is 1.18 bits per heavy atom. The summed E-state index contributed by atoms with van der Waals surface area (Å²) in [5.41, 5.74) is 1.38. The van der Waals surface area contributed by atoms with Crippen LogP contribution in [0.2, 0.25) is 5.04 Å². The third-order valence-electron chi connectivity index (χ3n) is 2.30. The summed E-state index contributed by atoms with van der Waals surface area (Å²) in [5, 5.41) is 9.07. The Morgan fingerprint density at radius 3 is 2.35 bits per heavy atom. The van der Waals surface area contributed by atoms with E-state index in [-0.39, 0.29) is 10.6 Å². The van der Waals surface area contributed by atoms with Crippen molar-refractivity contribution >= 4 is 9.76 Å². The zero-order valence-corrected chi connectivity index (χ0v) is 12.2. The monoisotopic (exact) mass is 245 g/mol. The Kier molecular flexibility index (Phi) is 4.13. The van der Waals surface area contributed by atoms with Crippen LogP contribution in [0.25, 0.3) is 0 Å². The van der Waals surface area contributed by atoms with Gasteiger partial charge >= 0.3 is 0 Å². The molecule has 2 radical (unpaired) electrons. The zero-order valence-electron chi connectivity index (χ0n) is 11.2. The van der Waals surface area contributed by atoms with Crippen LogP contribution in [0.3, 0.4) is 0 Å². The molecule has 0 spiro atoms. The summed E-state index contributed by atoms with van der Waals surface area (Å²) >= 11 is 0.